The van der Waals surface area contributed by atoms with Crippen molar-refractivity contribution in [3.8, 4) is 0 Å². The Balaban J connectivity index is 2.18. The fourth-order valence-corrected chi connectivity index (χ4v) is 2.78. The standard InChI is InChI=1S/C18H16Cl2N2O3/c1-12(13-5-3-6-14(11-13)22(24)25)21(2)18(23)10-9-15-16(19)7-4-8-17(15)20/h3-12H,1-2H3/b10-9+/t12-/m1/s1. The van der Waals surface area contributed by atoms with Gasteiger partial charge in [0, 0.05) is 40.9 Å². The lowest BCUT2D eigenvalue weighted by molar-refractivity contribution is -0.384. The lowest BCUT2D eigenvalue weighted by Gasteiger charge is -2.24. The van der Waals surface area contributed by atoms with E-state index in [1.54, 1.807) is 50.4 Å². The van der Waals surface area contributed by atoms with Crippen LogP contribution in [0, 0.1) is 10.1 Å². The Labute approximate surface area is 155 Å². The summed E-state index contributed by atoms with van der Waals surface area (Å²) < 4.78 is 0. The van der Waals surface area contributed by atoms with Crippen molar-refractivity contribution in [2.24, 2.45) is 0 Å². The number of nitro groups is 1. The fourth-order valence-electron chi connectivity index (χ4n) is 2.25. The highest BCUT2D eigenvalue weighted by atomic mass is 35.5. The maximum atomic E-state index is 12.4. The summed E-state index contributed by atoms with van der Waals surface area (Å²) >= 11 is 12.1. The highest BCUT2D eigenvalue weighted by molar-refractivity contribution is 6.37. The number of hydrogen-bond donors (Lipinski definition) is 0. The predicted octanol–water partition coefficient (Wildman–Crippen LogP) is 5.13. The van der Waals surface area contributed by atoms with Gasteiger partial charge in [-0.25, -0.2) is 0 Å². The van der Waals surface area contributed by atoms with E-state index in [0.717, 1.165) is 0 Å². The molecule has 0 aliphatic carbocycles. The number of nitro benzene ring substituents is 1. The van der Waals surface area contributed by atoms with Gasteiger partial charge in [-0.3, -0.25) is 14.9 Å². The van der Waals surface area contributed by atoms with E-state index >= 15 is 0 Å². The summed E-state index contributed by atoms with van der Waals surface area (Å²) in [5.74, 6) is -0.269. The van der Waals surface area contributed by atoms with Gasteiger partial charge in [0.25, 0.3) is 5.69 Å². The zero-order valence-corrected chi connectivity index (χ0v) is 15.2. The van der Waals surface area contributed by atoms with Gasteiger partial charge in [0.05, 0.1) is 11.0 Å². The topological polar surface area (TPSA) is 63.5 Å². The summed E-state index contributed by atoms with van der Waals surface area (Å²) in [7, 11) is 1.63. The second-order valence-electron chi connectivity index (χ2n) is 5.45. The summed E-state index contributed by atoms with van der Waals surface area (Å²) in [5.41, 5.74) is 1.23. The molecular weight excluding hydrogens is 363 g/mol. The Morgan fingerprint density at radius 2 is 1.80 bits per heavy atom. The molecule has 0 aliphatic heterocycles. The lowest BCUT2D eigenvalue weighted by Crippen LogP contribution is -2.28. The molecule has 0 spiro atoms. The highest BCUT2D eigenvalue weighted by Gasteiger charge is 2.18. The van der Waals surface area contributed by atoms with E-state index in [1.165, 1.54) is 23.1 Å². The Kier molecular flexibility index (Phi) is 6.17. The van der Waals surface area contributed by atoms with Crippen molar-refractivity contribution in [1.29, 1.82) is 0 Å². The molecule has 2 rings (SSSR count). The molecule has 25 heavy (non-hydrogen) atoms. The number of halogens is 2. The second kappa shape index (κ2) is 8.14. The third-order valence-corrected chi connectivity index (χ3v) is 4.54. The number of likely N-dealkylation sites (N-methyl/N-ethyl adjacent to an activating group) is 1. The number of rotatable bonds is 5. The predicted molar refractivity (Wildman–Crippen MR) is 99.8 cm³/mol. The number of amides is 1. The molecule has 0 heterocycles. The van der Waals surface area contributed by atoms with Gasteiger partial charge in [0.15, 0.2) is 0 Å². The summed E-state index contributed by atoms with van der Waals surface area (Å²) in [6, 6.07) is 11.0. The largest absolute Gasteiger partial charge is 0.335 e. The molecule has 2 aromatic carbocycles. The van der Waals surface area contributed by atoms with E-state index in [1.807, 2.05) is 0 Å². The summed E-state index contributed by atoms with van der Waals surface area (Å²) in [5, 5.41) is 11.8. The minimum Gasteiger partial charge on any atom is -0.335 e. The molecule has 1 amide bonds. The van der Waals surface area contributed by atoms with Crippen molar-refractivity contribution in [3.63, 3.8) is 0 Å². The molecule has 0 N–H and O–H groups in total. The first-order valence-corrected chi connectivity index (χ1v) is 8.20. The Bertz CT molecular complexity index is 817. The van der Waals surface area contributed by atoms with Gasteiger partial charge in [0.2, 0.25) is 5.91 Å². The van der Waals surface area contributed by atoms with Crippen molar-refractivity contribution >= 4 is 40.9 Å². The van der Waals surface area contributed by atoms with Crippen LogP contribution in [0.4, 0.5) is 5.69 Å². The number of benzene rings is 2. The van der Waals surface area contributed by atoms with E-state index in [2.05, 4.69) is 0 Å². The van der Waals surface area contributed by atoms with Gasteiger partial charge in [-0.15, -0.1) is 0 Å². The van der Waals surface area contributed by atoms with Crippen LogP contribution in [0.25, 0.3) is 6.08 Å². The van der Waals surface area contributed by atoms with Crippen LogP contribution in [0.15, 0.2) is 48.5 Å². The third-order valence-electron chi connectivity index (χ3n) is 3.88. The maximum absolute atomic E-state index is 12.4. The molecule has 7 heteroatoms. The van der Waals surface area contributed by atoms with Gasteiger partial charge in [-0.05, 0) is 30.7 Å². The third kappa shape index (κ3) is 4.59. The van der Waals surface area contributed by atoms with Crippen molar-refractivity contribution in [2.75, 3.05) is 7.05 Å². The average Bonchev–Trinajstić information content (AvgIpc) is 2.59. The van der Waals surface area contributed by atoms with Gasteiger partial charge in [0.1, 0.15) is 0 Å². The van der Waals surface area contributed by atoms with E-state index in [4.69, 9.17) is 23.2 Å². The maximum Gasteiger partial charge on any atom is 0.269 e. The molecule has 1 atom stereocenters. The summed E-state index contributed by atoms with van der Waals surface area (Å²) in [4.78, 5) is 24.3. The second-order valence-corrected chi connectivity index (χ2v) is 6.26. The van der Waals surface area contributed by atoms with Crippen LogP contribution in [0.5, 0.6) is 0 Å². The molecule has 0 radical (unpaired) electrons. The number of carbonyl (C=O) groups is 1. The summed E-state index contributed by atoms with van der Waals surface area (Å²) in [6.45, 7) is 1.80. The molecule has 0 unspecified atom stereocenters. The molecule has 0 aliphatic rings. The molecule has 0 aromatic heterocycles. The smallest absolute Gasteiger partial charge is 0.269 e. The van der Waals surface area contributed by atoms with E-state index < -0.39 is 4.92 Å². The molecular formula is C18H16Cl2N2O3. The fraction of sp³-hybridized carbons (Fsp3) is 0.167. The number of hydrogen-bond acceptors (Lipinski definition) is 3. The van der Waals surface area contributed by atoms with Gasteiger partial charge < -0.3 is 4.90 Å². The number of carbonyl (C=O) groups excluding carboxylic acids is 1. The van der Waals surface area contributed by atoms with Crippen LogP contribution in [-0.2, 0) is 4.79 Å². The zero-order chi connectivity index (χ0) is 18.6. The van der Waals surface area contributed by atoms with Crippen LogP contribution in [0.2, 0.25) is 10.0 Å². The first kappa shape index (κ1) is 19.0. The highest BCUT2D eigenvalue weighted by Crippen LogP contribution is 2.26. The first-order valence-electron chi connectivity index (χ1n) is 7.44. The van der Waals surface area contributed by atoms with Crippen LogP contribution in [-0.4, -0.2) is 22.8 Å². The van der Waals surface area contributed by atoms with Crippen molar-refractivity contribution in [2.45, 2.75) is 13.0 Å². The average molecular weight is 379 g/mol. The van der Waals surface area contributed by atoms with Crippen molar-refractivity contribution < 1.29 is 9.72 Å². The van der Waals surface area contributed by atoms with Gasteiger partial charge in [-0.1, -0.05) is 41.4 Å². The molecule has 0 bridgehead atoms. The zero-order valence-electron chi connectivity index (χ0n) is 13.6. The lowest BCUT2D eigenvalue weighted by atomic mass is 10.1. The monoisotopic (exact) mass is 378 g/mol. The van der Waals surface area contributed by atoms with Crippen molar-refractivity contribution in [1.82, 2.24) is 4.90 Å². The summed E-state index contributed by atoms with van der Waals surface area (Å²) in [6.07, 6.45) is 2.94. The molecule has 0 saturated heterocycles. The number of non-ortho nitro benzene ring substituents is 1. The van der Waals surface area contributed by atoms with Gasteiger partial charge >= 0.3 is 0 Å². The van der Waals surface area contributed by atoms with Crippen molar-refractivity contribution in [3.05, 3.63) is 79.8 Å². The van der Waals surface area contributed by atoms with Crippen LogP contribution in [0.3, 0.4) is 0 Å². The van der Waals surface area contributed by atoms with E-state index in [0.29, 0.717) is 21.2 Å². The van der Waals surface area contributed by atoms with E-state index in [-0.39, 0.29) is 17.6 Å². The molecule has 2 aromatic rings. The normalized spacial score (nSPS) is 12.2. The van der Waals surface area contributed by atoms with Crippen LogP contribution >= 0.6 is 23.2 Å². The van der Waals surface area contributed by atoms with Gasteiger partial charge in [-0.2, -0.15) is 0 Å². The first-order chi connectivity index (χ1) is 11.8. The quantitative estimate of drug-likeness (QED) is 0.411. The van der Waals surface area contributed by atoms with Crippen LogP contribution < -0.4 is 0 Å². The SMILES string of the molecule is C[C@H](c1cccc([N+](=O)[O-])c1)N(C)C(=O)/C=C/c1c(Cl)cccc1Cl. The van der Waals surface area contributed by atoms with Crippen LogP contribution in [0.1, 0.15) is 24.1 Å². The molecule has 5 nitrogen and oxygen atoms in total. The Morgan fingerprint density at radius 3 is 2.40 bits per heavy atom. The van der Waals surface area contributed by atoms with E-state index in [9.17, 15) is 14.9 Å². The number of nitrogens with zero attached hydrogens (tertiary/aromatic N) is 2. The minimum absolute atomic E-state index is 0.0106. The minimum atomic E-state index is -0.461. The molecule has 0 fully saturated rings. The Hall–Kier alpha value is -2.37. The molecule has 0 saturated carbocycles. The molecule has 130 valence electrons. The Morgan fingerprint density at radius 1 is 1.20 bits per heavy atom.